The molecule has 1 heterocycles. The molecule has 1 aromatic rings. The molecule has 7 heteroatoms. The molecule has 6 nitrogen and oxygen atoms in total. The van der Waals surface area contributed by atoms with Crippen LogP contribution in [0.2, 0.25) is 0 Å². The van der Waals surface area contributed by atoms with Crippen LogP contribution >= 0.6 is 0 Å². The number of amides is 1. The zero-order valence-corrected chi connectivity index (χ0v) is 13.1. The number of alkyl halides is 1. The topological polar surface area (TPSA) is 108 Å². The van der Waals surface area contributed by atoms with E-state index in [1.165, 1.54) is 20.0 Å². The Morgan fingerprint density at radius 1 is 1.55 bits per heavy atom. The Balaban J connectivity index is 3.16. The molecule has 124 valence electrons. The number of primary amides is 1. The first kappa shape index (κ1) is 18.3. The maximum atomic E-state index is 14.1. The number of nitrogens with zero attached hydrogens (tertiary/aromatic N) is 1. The fraction of sp³-hybridized carbons (Fsp3) is 0.600. The second-order valence-electron chi connectivity index (χ2n) is 5.80. The first-order valence-corrected chi connectivity index (χ1v) is 7.22. The van der Waals surface area contributed by atoms with Crippen molar-refractivity contribution in [3.8, 4) is 0 Å². The second kappa shape index (κ2) is 7.51. The van der Waals surface area contributed by atoms with Crippen LogP contribution in [0.3, 0.4) is 0 Å². The van der Waals surface area contributed by atoms with E-state index in [-0.39, 0.29) is 30.3 Å². The standard InChI is InChI=1S/C15H24FN3O3/c1-4-9(8-20)19-10-5-6-18-11(13(10)14(17)21)7-12(16)15(2,3)22/h5-6,9,12,20,22H,4,7-8H2,1-3H3,(H2,17,21)(H,18,19). The van der Waals surface area contributed by atoms with E-state index in [9.17, 15) is 19.4 Å². The van der Waals surface area contributed by atoms with Crippen molar-refractivity contribution in [2.24, 2.45) is 5.73 Å². The first-order chi connectivity index (χ1) is 10.2. The molecule has 1 aromatic heterocycles. The van der Waals surface area contributed by atoms with Gasteiger partial charge in [0.05, 0.1) is 29.2 Å². The molecule has 0 spiro atoms. The summed E-state index contributed by atoms with van der Waals surface area (Å²) in [6, 6.07) is 1.31. The van der Waals surface area contributed by atoms with Crippen molar-refractivity contribution in [2.45, 2.75) is 51.4 Å². The number of aliphatic hydroxyl groups excluding tert-OH is 1. The molecule has 0 saturated carbocycles. The molecule has 0 aliphatic carbocycles. The lowest BCUT2D eigenvalue weighted by Gasteiger charge is -2.24. The first-order valence-electron chi connectivity index (χ1n) is 7.22. The summed E-state index contributed by atoms with van der Waals surface area (Å²) in [5, 5.41) is 22.0. The minimum Gasteiger partial charge on any atom is -0.394 e. The van der Waals surface area contributed by atoms with Gasteiger partial charge in [-0.05, 0) is 26.3 Å². The van der Waals surface area contributed by atoms with E-state index in [0.717, 1.165) is 0 Å². The molecular formula is C15H24FN3O3. The molecule has 0 aliphatic rings. The van der Waals surface area contributed by atoms with Gasteiger partial charge in [0.1, 0.15) is 6.17 Å². The van der Waals surface area contributed by atoms with Gasteiger partial charge < -0.3 is 21.3 Å². The number of nitrogens with two attached hydrogens (primary N) is 1. The molecule has 0 aliphatic heterocycles. The summed E-state index contributed by atoms with van der Waals surface area (Å²) in [5.74, 6) is -0.735. The van der Waals surface area contributed by atoms with E-state index in [4.69, 9.17) is 5.73 Å². The van der Waals surface area contributed by atoms with Crippen molar-refractivity contribution < 1.29 is 19.4 Å². The molecule has 0 fully saturated rings. The number of aromatic nitrogens is 1. The van der Waals surface area contributed by atoms with Crippen molar-refractivity contribution in [2.75, 3.05) is 11.9 Å². The molecule has 2 unspecified atom stereocenters. The summed E-state index contributed by atoms with van der Waals surface area (Å²) in [5.41, 5.74) is 4.52. The number of carbonyl (C=O) groups is 1. The Labute approximate surface area is 129 Å². The van der Waals surface area contributed by atoms with Gasteiger partial charge >= 0.3 is 0 Å². The van der Waals surface area contributed by atoms with Crippen molar-refractivity contribution in [3.05, 3.63) is 23.5 Å². The number of pyridine rings is 1. The zero-order valence-electron chi connectivity index (χ0n) is 13.1. The van der Waals surface area contributed by atoms with Crippen LogP contribution in [-0.4, -0.2) is 45.5 Å². The third-order valence-corrected chi connectivity index (χ3v) is 3.49. The van der Waals surface area contributed by atoms with Gasteiger partial charge in [-0.1, -0.05) is 6.92 Å². The predicted molar refractivity (Wildman–Crippen MR) is 82.4 cm³/mol. The molecule has 0 bridgehead atoms. The van der Waals surface area contributed by atoms with Crippen LogP contribution in [0.5, 0.6) is 0 Å². The molecule has 1 rings (SSSR count). The molecule has 22 heavy (non-hydrogen) atoms. The Bertz CT molecular complexity index is 513. The Kier molecular flexibility index (Phi) is 6.25. The average Bonchev–Trinajstić information content (AvgIpc) is 2.43. The lowest BCUT2D eigenvalue weighted by Crippen LogP contribution is -2.35. The number of hydrogen-bond acceptors (Lipinski definition) is 5. The van der Waals surface area contributed by atoms with Crippen LogP contribution in [0.25, 0.3) is 0 Å². The highest BCUT2D eigenvalue weighted by atomic mass is 19.1. The number of carbonyl (C=O) groups excluding carboxylic acids is 1. The summed E-state index contributed by atoms with van der Waals surface area (Å²) in [6.45, 7) is 4.47. The van der Waals surface area contributed by atoms with Gasteiger partial charge in [-0.3, -0.25) is 9.78 Å². The summed E-state index contributed by atoms with van der Waals surface area (Å²) in [6.07, 6.45) is 0.258. The summed E-state index contributed by atoms with van der Waals surface area (Å²) < 4.78 is 14.1. The third-order valence-electron chi connectivity index (χ3n) is 3.49. The van der Waals surface area contributed by atoms with Gasteiger partial charge in [-0.2, -0.15) is 0 Å². The maximum Gasteiger partial charge on any atom is 0.252 e. The highest BCUT2D eigenvalue weighted by molar-refractivity contribution is 5.99. The predicted octanol–water partition coefficient (Wildman–Crippen LogP) is 1.01. The summed E-state index contributed by atoms with van der Waals surface area (Å²) >= 11 is 0. The van der Waals surface area contributed by atoms with Crippen LogP contribution in [0.15, 0.2) is 12.3 Å². The lowest BCUT2D eigenvalue weighted by atomic mass is 9.96. The van der Waals surface area contributed by atoms with Gasteiger partial charge in [0.25, 0.3) is 5.91 Å². The molecule has 2 atom stereocenters. The highest BCUT2D eigenvalue weighted by Gasteiger charge is 2.29. The SMILES string of the molecule is CCC(CO)Nc1ccnc(CC(F)C(C)(C)O)c1C(N)=O. The molecule has 1 amide bonds. The highest BCUT2D eigenvalue weighted by Crippen LogP contribution is 2.24. The normalized spacial score (nSPS) is 14.5. The number of anilines is 1. The fourth-order valence-corrected chi connectivity index (χ4v) is 1.97. The summed E-state index contributed by atoms with van der Waals surface area (Å²) in [7, 11) is 0. The lowest BCUT2D eigenvalue weighted by molar-refractivity contribution is -0.00307. The van der Waals surface area contributed by atoms with Crippen molar-refractivity contribution in [1.29, 1.82) is 0 Å². The van der Waals surface area contributed by atoms with Gasteiger partial charge in [-0.25, -0.2) is 4.39 Å². The molecule has 0 aromatic carbocycles. The monoisotopic (exact) mass is 313 g/mol. The van der Waals surface area contributed by atoms with E-state index in [0.29, 0.717) is 12.1 Å². The molecule has 0 radical (unpaired) electrons. The zero-order chi connectivity index (χ0) is 16.9. The van der Waals surface area contributed by atoms with Crippen LogP contribution in [0.4, 0.5) is 10.1 Å². The number of nitrogens with one attached hydrogen (secondary N) is 1. The van der Waals surface area contributed by atoms with Gasteiger partial charge in [0.15, 0.2) is 0 Å². The van der Waals surface area contributed by atoms with Crippen LogP contribution in [0, 0.1) is 0 Å². The molecule has 5 N–H and O–H groups in total. The van der Waals surface area contributed by atoms with Gasteiger partial charge in [-0.15, -0.1) is 0 Å². The largest absolute Gasteiger partial charge is 0.394 e. The summed E-state index contributed by atoms with van der Waals surface area (Å²) in [4.78, 5) is 15.7. The Morgan fingerprint density at radius 2 is 2.18 bits per heavy atom. The quantitative estimate of drug-likeness (QED) is 0.573. The van der Waals surface area contributed by atoms with Crippen LogP contribution in [-0.2, 0) is 6.42 Å². The molecular weight excluding hydrogens is 289 g/mol. The van der Waals surface area contributed by atoms with Crippen molar-refractivity contribution in [3.63, 3.8) is 0 Å². The Hall–Kier alpha value is -1.73. The van der Waals surface area contributed by atoms with Gasteiger partial charge in [0.2, 0.25) is 0 Å². The van der Waals surface area contributed by atoms with E-state index in [1.807, 2.05) is 6.92 Å². The smallest absolute Gasteiger partial charge is 0.252 e. The molecule has 0 saturated heterocycles. The average molecular weight is 313 g/mol. The minimum atomic E-state index is -1.59. The fourth-order valence-electron chi connectivity index (χ4n) is 1.97. The van der Waals surface area contributed by atoms with E-state index >= 15 is 0 Å². The minimum absolute atomic E-state index is 0.0845. The van der Waals surface area contributed by atoms with Crippen molar-refractivity contribution >= 4 is 11.6 Å². The number of aliphatic hydroxyl groups is 2. The second-order valence-corrected chi connectivity index (χ2v) is 5.80. The number of rotatable bonds is 8. The van der Waals surface area contributed by atoms with E-state index in [1.54, 1.807) is 6.07 Å². The van der Waals surface area contributed by atoms with Crippen LogP contribution < -0.4 is 11.1 Å². The van der Waals surface area contributed by atoms with Gasteiger partial charge in [0, 0.05) is 18.7 Å². The third kappa shape index (κ3) is 4.64. The number of halogens is 1. The van der Waals surface area contributed by atoms with Crippen LogP contribution in [0.1, 0.15) is 43.2 Å². The van der Waals surface area contributed by atoms with E-state index in [2.05, 4.69) is 10.3 Å². The number of hydrogen-bond donors (Lipinski definition) is 4. The Morgan fingerprint density at radius 3 is 2.64 bits per heavy atom. The van der Waals surface area contributed by atoms with Crippen molar-refractivity contribution in [1.82, 2.24) is 4.98 Å². The van der Waals surface area contributed by atoms with E-state index < -0.39 is 17.7 Å². The maximum absolute atomic E-state index is 14.1.